The summed E-state index contributed by atoms with van der Waals surface area (Å²) in [5.41, 5.74) is 4.53. The fraction of sp³-hybridized carbons (Fsp3) is 0.125. The van der Waals surface area contributed by atoms with Gasteiger partial charge in [0.15, 0.2) is 11.5 Å². The molecule has 0 aliphatic carbocycles. The molecule has 1 amide bonds. The largest absolute Gasteiger partial charge is 0.493 e. The number of rotatable bonds is 7. The summed E-state index contributed by atoms with van der Waals surface area (Å²) in [6.07, 6.45) is 2.33. The molecule has 0 unspecified atom stereocenters. The molecule has 0 heterocycles. The number of nitrogens with one attached hydrogen (secondary N) is 1. The van der Waals surface area contributed by atoms with Crippen molar-refractivity contribution in [3.8, 4) is 11.5 Å². The highest BCUT2D eigenvalue weighted by Crippen LogP contribution is 2.28. The number of halogens is 1. The molecular formula is C24H21FN2O4. The van der Waals surface area contributed by atoms with Gasteiger partial charge in [-0.1, -0.05) is 31.2 Å². The molecule has 3 aromatic rings. The quantitative estimate of drug-likeness (QED) is 0.266. The van der Waals surface area contributed by atoms with E-state index in [2.05, 4.69) is 10.5 Å². The van der Waals surface area contributed by atoms with Crippen LogP contribution >= 0.6 is 0 Å². The van der Waals surface area contributed by atoms with E-state index in [1.807, 2.05) is 19.1 Å². The first-order valence-corrected chi connectivity index (χ1v) is 9.59. The van der Waals surface area contributed by atoms with Crippen LogP contribution in [0.1, 0.15) is 38.8 Å². The Kier molecular flexibility index (Phi) is 7.11. The van der Waals surface area contributed by atoms with Gasteiger partial charge in [0.1, 0.15) is 5.82 Å². The fourth-order valence-electron chi connectivity index (χ4n) is 2.75. The van der Waals surface area contributed by atoms with Crippen LogP contribution in [0.2, 0.25) is 0 Å². The number of aryl methyl sites for hydroxylation is 1. The summed E-state index contributed by atoms with van der Waals surface area (Å²) in [5, 5.41) is 3.95. The van der Waals surface area contributed by atoms with Gasteiger partial charge in [-0.2, -0.15) is 5.10 Å². The summed E-state index contributed by atoms with van der Waals surface area (Å²) >= 11 is 0. The normalized spacial score (nSPS) is 10.7. The van der Waals surface area contributed by atoms with Gasteiger partial charge in [0.05, 0.1) is 18.9 Å². The van der Waals surface area contributed by atoms with Crippen molar-refractivity contribution in [1.29, 1.82) is 0 Å². The summed E-state index contributed by atoms with van der Waals surface area (Å²) in [4.78, 5) is 24.4. The molecule has 0 saturated carbocycles. The van der Waals surface area contributed by atoms with E-state index in [1.54, 1.807) is 30.3 Å². The maximum Gasteiger partial charge on any atom is 0.346 e. The molecule has 0 spiro atoms. The molecule has 0 fully saturated rings. The highest BCUT2D eigenvalue weighted by Gasteiger charge is 2.16. The standard InChI is InChI=1S/C24H21FN2O4/c1-3-16-8-11-18(12-9-16)23(28)27-26-15-17-10-13-21(22(14-17)30-2)31-24(29)19-6-4-5-7-20(19)25/h4-15H,3H2,1-2H3,(H,27,28)/b26-15-. The third-order valence-corrected chi connectivity index (χ3v) is 4.49. The number of methoxy groups -OCH3 is 1. The van der Waals surface area contributed by atoms with E-state index in [0.717, 1.165) is 12.0 Å². The summed E-state index contributed by atoms with van der Waals surface area (Å²) in [6, 6.07) is 17.5. The Hall–Kier alpha value is -4.00. The van der Waals surface area contributed by atoms with E-state index in [-0.39, 0.29) is 23.0 Å². The zero-order valence-electron chi connectivity index (χ0n) is 17.1. The van der Waals surface area contributed by atoms with Crippen LogP contribution in [-0.4, -0.2) is 25.2 Å². The second-order valence-electron chi connectivity index (χ2n) is 6.53. The number of carbonyl (C=O) groups excluding carboxylic acids is 2. The van der Waals surface area contributed by atoms with Gasteiger partial charge in [-0.05, 0) is 60.0 Å². The number of carbonyl (C=O) groups is 2. The van der Waals surface area contributed by atoms with Crippen molar-refractivity contribution in [1.82, 2.24) is 5.43 Å². The number of benzene rings is 3. The van der Waals surface area contributed by atoms with Crippen LogP contribution in [0.3, 0.4) is 0 Å². The Morgan fingerprint density at radius 2 is 1.77 bits per heavy atom. The third kappa shape index (κ3) is 5.54. The first-order valence-electron chi connectivity index (χ1n) is 9.59. The van der Waals surface area contributed by atoms with Gasteiger partial charge in [0.25, 0.3) is 5.91 Å². The smallest absolute Gasteiger partial charge is 0.346 e. The topological polar surface area (TPSA) is 77.0 Å². The average Bonchev–Trinajstić information content (AvgIpc) is 2.80. The molecule has 0 atom stereocenters. The lowest BCUT2D eigenvalue weighted by Gasteiger charge is -2.10. The number of hydrazone groups is 1. The monoisotopic (exact) mass is 420 g/mol. The molecule has 0 bridgehead atoms. The van der Waals surface area contributed by atoms with Gasteiger partial charge in [-0.15, -0.1) is 0 Å². The van der Waals surface area contributed by atoms with E-state index in [0.29, 0.717) is 11.1 Å². The van der Waals surface area contributed by atoms with Crippen LogP contribution in [0, 0.1) is 5.82 Å². The summed E-state index contributed by atoms with van der Waals surface area (Å²) in [6.45, 7) is 2.04. The molecule has 158 valence electrons. The minimum absolute atomic E-state index is 0.132. The molecule has 0 aliphatic heterocycles. The first-order chi connectivity index (χ1) is 15.0. The van der Waals surface area contributed by atoms with Crippen molar-refractivity contribution in [3.63, 3.8) is 0 Å². The number of nitrogens with zero attached hydrogens (tertiary/aromatic N) is 1. The molecule has 0 radical (unpaired) electrons. The molecular weight excluding hydrogens is 399 g/mol. The number of hydrogen-bond donors (Lipinski definition) is 1. The number of ether oxygens (including phenoxy) is 2. The minimum Gasteiger partial charge on any atom is -0.493 e. The fourth-order valence-corrected chi connectivity index (χ4v) is 2.75. The van der Waals surface area contributed by atoms with E-state index in [4.69, 9.17) is 9.47 Å². The van der Waals surface area contributed by atoms with Crippen molar-refractivity contribution in [2.24, 2.45) is 5.10 Å². The van der Waals surface area contributed by atoms with Crippen molar-refractivity contribution >= 4 is 18.1 Å². The zero-order chi connectivity index (χ0) is 22.2. The zero-order valence-corrected chi connectivity index (χ0v) is 17.1. The van der Waals surface area contributed by atoms with Crippen LogP contribution in [0.4, 0.5) is 4.39 Å². The molecule has 0 aliphatic rings. The molecule has 1 N–H and O–H groups in total. The van der Waals surface area contributed by atoms with E-state index < -0.39 is 11.8 Å². The highest BCUT2D eigenvalue weighted by atomic mass is 19.1. The molecule has 0 aromatic heterocycles. The summed E-state index contributed by atoms with van der Waals surface area (Å²) in [7, 11) is 1.42. The molecule has 6 nitrogen and oxygen atoms in total. The van der Waals surface area contributed by atoms with Gasteiger partial charge < -0.3 is 9.47 Å². The predicted octanol–water partition coefficient (Wildman–Crippen LogP) is 4.38. The minimum atomic E-state index is -0.834. The summed E-state index contributed by atoms with van der Waals surface area (Å²) in [5.74, 6) is -1.45. The van der Waals surface area contributed by atoms with E-state index >= 15 is 0 Å². The van der Waals surface area contributed by atoms with Crippen LogP contribution in [0.5, 0.6) is 11.5 Å². The second-order valence-corrected chi connectivity index (χ2v) is 6.53. The van der Waals surface area contributed by atoms with Gasteiger partial charge in [0.2, 0.25) is 0 Å². The SMILES string of the molecule is CCc1ccc(C(=O)N/N=C\c2ccc(OC(=O)c3ccccc3F)c(OC)c2)cc1. The molecule has 0 saturated heterocycles. The van der Waals surface area contributed by atoms with Crippen molar-refractivity contribution < 1.29 is 23.5 Å². The molecule has 7 heteroatoms. The Morgan fingerprint density at radius 1 is 1.03 bits per heavy atom. The van der Waals surface area contributed by atoms with E-state index in [1.165, 1.54) is 37.6 Å². The van der Waals surface area contributed by atoms with Gasteiger partial charge in [-0.25, -0.2) is 14.6 Å². The first kappa shape index (κ1) is 21.7. The highest BCUT2D eigenvalue weighted by molar-refractivity contribution is 5.95. The van der Waals surface area contributed by atoms with Crippen molar-refractivity contribution in [3.05, 3.63) is 94.8 Å². The van der Waals surface area contributed by atoms with Crippen LogP contribution in [0.15, 0.2) is 71.8 Å². The lowest BCUT2D eigenvalue weighted by molar-refractivity contribution is 0.0724. The predicted molar refractivity (Wildman–Crippen MR) is 115 cm³/mol. The van der Waals surface area contributed by atoms with Gasteiger partial charge in [0, 0.05) is 5.56 Å². The Balaban J connectivity index is 1.67. The Bertz CT molecular complexity index is 1110. The molecule has 3 rings (SSSR count). The van der Waals surface area contributed by atoms with Crippen molar-refractivity contribution in [2.75, 3.05) is 7.11 Å². The van der Waals surface area contributed by atoms with Crippen molar-refractivity contribution in [2.45, 2.75) is 13.3 Å². The average molecular weight is 420 g/mol. The van der Waals surface area contributed by atoms with Crippen LogP contribution in [-0.2, 0) is 6.42 Å². The number of hydrogen-bond acceptors (Lipinski definition) is 5. The third-order valence-electron chi connectivity index (χ3n) is 4.49. The Morgan fingerprint density at radius 3 is 2.45 bits per heavy atom. The summed E-state index contributed by atoms with van der Waals surface area (Å²) < 4.78 is 24.3. The number of amides is 1. The number of esters is 1. The van der Waals surface area contributed by atoms with Gasteiger partial charge in [-0.3, -0.25) is 4.79 Å². The van der Waals surface area contributed by atoms with Crippen LogP contribution < -0.4 is 14.9 Å². The molecule has 31 heavy (non-hydrogen) atoms. The maximum atomic E-state index is 13.8. The molecule has 3 aromatic carbocycles. The maximum absolute atomic E-state index is 13.8. The van der Waals surface area contributed by atoms with Gasteiger partial charge >= 0.3 is 5.97 Å². The van der Waals surface area contributed by atoms with Crippen LogP contribution in [0.25, 0.3) is 0 Å². The van der Waals surface area contributed by atoms with E-state index in [9.17, 15) is 14.0 Å². The second kappa shape index (κ2) is 10.2. The Labute approximate surface area is 179 Å². The lowest BCUT2D eigenvalue weighted by atomic mass is 10.1. The lowest BCUT2D eigenvalue weighted by Crippen LogP contribution is -2.17.